The lowest BCUT2D eigenvalue weighted by molar-refractivity contribution is -0.129. The molecule has 2 aliphatic rings. The summed E-state index contributed by atoms with van der Waals surface area (Å²) in [6.45, 7) is 1.74. The van der Waals surface area contributed by atoms with Crippen LogP contribution in [0.2, 0.25) is 0 Å². The van der Waals surface area contributed by atoms with Crippen molar-refractivity contribution in [2.45, 2.75) is 58.1 Å². The van der Waals surface area contributed by atoms with Crippen molar-refractivity contribution in [3.8, 4) is 17.2 Å². The highest BCUT2D eigenvalue weighted by atomic mass is 19.3. The Balaban J connectivity index is 1.58. The zero-order valence-electron chi connectivity index (χ0n) is 20.5. The molecule has 0 spiro atoms. The Morgan fingerprint density at radius 1 is 1.14 bits per heavy atom. The van der Waals surface area contributed by atoms with Crippen molar-refractivity contribution in [2.24, 2.45) is 11.7 Å². The van der Waals surface area contributed by atoms with Crippen LogP contribution in [0.1, 0.15) is 60.5 Å². The fourth-order valence-electron chi connectivity index (χ4n) is 4.82. The van der Waals surface area contributed by atoms with E-state index in [9.17, 15) is 18.4 Å². The number of nitrogens with two attached hydrogens (primary N) is 1. The van der Waals surface area contributed by atoms with Crippen LogP contribution >= 0.6 is 0 Å². The zero-order valence-corrected chi connectivity index (χ0v) is 20.5. The molecular weight excluding hydrogens is 470 g/mol. The van der Waals surface area contributed by atoms with Crippen molar-refractivity contribution < 1.29 is 32.6 Å². The SMILES string of the molecule is CCOc1c(C[C@@H]2CC(c3ccc(OC(F)F)c(OCC4CC4)c3)CN2C(C)=O)cccc1C(N)=O. The molecule has 36 heavy (non-hydrogen) atoms. The van der Waals surface area contributed by atoms with E-state index in [0.717, 1.165) is 24.0 Å². The Hall–Kier alpha value is -3.36. The summed E-state index contributed by atoms with van der Waals surface area (Å²) in [6.07, 6.45) is 3.29. The Morgan fingerprint density at radius 2 is 1.92 bits per heavy atom. The third kappa shape index (κ3) is 6.06. The van der Waals surface area contributed by atoms with Crippen molar-refractivity contribution in [2.75, 3.05) is 19.8 Å². The van der Waals surface area contributed by atoms with Crippen LogP contribution in [0.25, 0.3) is 0 Å². The van der Waals surface area contributed by atoms with E-state index in [1.54, 1.807) is 24.3 Å². The van der Waals surface area contributed by atoms with E-state index in [1.807, 2.05) is 17.9 Å². The normalized spacial score (nSPS) is 19.4. The van der Waals surface area contributed by atoms with Gasteiger partial charge in [0, 0.05) is 25.4 Å². The maximum Gasteiger partial charge on any atom is 0.387 e. The van der Waals surface area contributed by atoms with Gasteiger partial charge in [0.15, 0.2) is 11.5 Å². The number of para-hydroxylation sites is 1. The monoisotopic (exact) mass is 502 g/mol. The van der Waals surface area contributed by atoms with Gasteiger partial charge in [-0.15, -0.1) is 0 Å². The number of carbonyl (C=O) groups is 2. The predicted molar refractivity (Wildman–Crippen MR) is 130 cm³/mol. The van der Waals surface area contributed by atoms with E-state index in [1.165, 1.54) is 13.0 Å². The summed E-state index contributed by atoms with van der Waals surface area (Å²) in [6, 6.07) is 10.2. The first kappa shape index (κ1) is 25.7. The van der Waals surface area contributed by atoms with Crippen LogP contribution in [0, 0.1) is 5.92 Å². The van der Waals surface area contributed by atoms with Gasteiger partial charge in [-0.25, -0.2) is 0 Å². The maximum absolute atomic E-state index is 12.9. The first-order valence-electron chi connectivity index (χ1n) is 12.3. The number of carbonyl (C=O) groups excluding carboxylic acids is 2. The molecule has 0 aromatic heterocycles. The average Bonchev–Trinajstić information content (AvgIpc) is 3.56. The second-order valence-corrected chi connectivity index (χ2v) is 9.39. The molecule has 1 saturated heterocycles. The van der Waals surface area contributed by atoms with Crippen LogP contribution < -0.4 is 19.9 Å². The molecule has 0 bridgehead atoms. The lowest BCUT2D eigenvalue weighted by Gasteiger charge is -2.24. The summed E-state index contributed by atoms with van der Waals surface area (Å²) < 4.78 is 42.1. The predicted octanol–water partition coefficient (Wildman–Crippen LogP) is 4.52. The number of rotatable bonds is 11. The first-order valence-corrected chi connectivity index (χ1v) is 12.3. The van der Waals surface area contributed by atoms with Gasteiger partial charge in [0.1, 0.15) is 5.75 Å². The van der Waals surface area contributed by atoms with Crippen LogP contribution in [-0.2, 0) is 11.2 Å². The van der Waals surface area contributed by atoms with Gasteiger partial charge in [0.2, 0.25) is 5.91 Å². The summed E-state index contributed by atoms with van der Waals surface area (Å²) in [7, 11) is 0. The molecular formula is C27H32F2N2O5. The molecule has 1 saturated carbocycles. The molecule has 9 heteroatoms. The highest BCUT2D eigenvalue weighted by molar-refractivity contribution is 5.96. The molecule has 2 fully saturated rings. The van der Waals surface area contributed by atoms with E-state index >= 15 is 0 Å². The number of alkyl halides is 2. The number of ether oxygens (including phenoxy) is 3. The third-order valence-electron chi connectivity index (χ3n) is 6.75. The molecule has 194 valence electrons. The summed E-state index contributed by atoms with van der Waals surface area (Å²) in [5, 5.41) is 0. The first-order chi connectivity index (χ1) is 17.3. The number of nitrogens with zero attached hydrogens (tertiary/aromatic N) is 1. The lowest BCUT2D eigenvalue weighted by atomic mass is 9.93. The number of benzene rings is 2. The minimum absolute atomic E-state index is 0.0111. The molecule has 1 aliphatic carbocycles. The van der Waals surface area contributed by atoms with Gasteiger partial charge in [-0.1, -0.05) is 18.2 Å². The Bertz CT molecular complexity index is 1110. The number of likely N-dealkylation sites (tertiary alicyclic amines) is 1. The highest BCUT2D eigenvalue weighted by Gasteiger charge is 2.36. The summed E-state index contributed by atoms with van der Waals surface area (Å²) in [5.41, 5.74) is 7.56. The zero-order chi connectivity index (χ0) is 25.8. The van der Waals surface area contributed by atoms with Crippen LogP contribution in [0.4, 0.5) is 8.78 Å². The van der Waals surface area contributed by atoms with Crippen molar-refractivity contribution in [1.82, 2.24) is 4.90 Å². The van der Waals surface area contributed by atoms with Gasteiger partial charge in [0.25, 0.3) is 5.91 Å². The van der Waals surface area contributed by atoms with Gasteiger partial charge < -0.3 is 24.8 Å². The fraction of sp³-hybridized carbons (Fsp3) is 0.481. The minimum atomic E-state index is -2.95. The molecule has 1 unspecified atom stereocenters. The van der Waals surface area contributed by atoms with Crippen LogP contribution in [0.5, 0.6) is 17.2 Å². The topological polar surface area (TPSA) is 91.1 Å². The number of amides is 2. The quantitative estimate of drug-likeness (QED) is 0.488. The van der Waals surface area contributed by atoms with Crippen LogP contribution in [0.15, 0.2) is 36.4 Å². The molecule has 0 radical (unpaired) electrons. The Labute approximate surface area is 209 Å². The molecule has 2 atom stereocenters. The largest absolute Gasteiger partial charge is 0.493 e. The van der Waals surface area contributed by atoms with E-state index in [2.05, 4.69) is 4.74 Å². The average molecular weight is 503 g/mol. The van der Waals surface area contributed by atoms with Gasteiger partial charge in [-0.3, -0.25) is 9.59 Å². The molecule has 2 amide bonds. The number of halogens is 2. The Morgan fingerprint density at radius 3 is 2.56 bits per heavy atom. The molecule has 2 N–H and O–H groups in total. The lowest BCUT2D eigenvalue weighted by Crippen LogP contribution is -2.35. The van der Waals surface area contributed by atoms with E-state index in [-0.39, 0.29) is 23.6 Å². The number of primary amides is 1. The van der Waals surface area contributed by atoms with Gasteiger partial charge in [-0.05, 0) is 67.9 Å². The van der Waals surface area contributed by atoms with E-state index in [4.69, 9.17) is 15.2 Å². The summed E-state index contributed by atoms with van der Waals surface area (Å²) >= 11 is 0. The molecule has 2 aromatic rings. The molecule has 4 rings (SSSR count). The van der Waals surface area contributed by atoms with Crippen LogP contribution in [0.3, 0.4) is 0 Å². The van der Waals surface area contributed by atoms with Crippen molar-refractivity contribution in [3.63, 3.8) is 0 Å². The van der Waals surface area contributed by atoms with Gasteiger partial charge in [0.05, 0.1) is 18.8 Å². The van der Waals surface area contributed by atoms with Crippen molar-refractivity contribution in [1.29, 1.82) is 0 Å². The Kier molecular flexibility index (Phi) is 7.96. The molecule has 7 nitrogen and oxygen atoms in total. The summed E-state index contributed by atoms with van der Waals surface area (Å²) in [5.74, 6) is 0.559. The third-order valence-corrected chi connectivity index (χ3v) is 6.75. The molecule has 1 heterocycles. The maximum atomic E-state index is 12.9. The van der Waals surface area contributed by atoms with Crippen LogP contribution in [-0.4, -0.2) is 49.1 Å². The number of hydrogen-bond acceptors (Lipinski definition) is 5. The van der Waals surface area contributed by atoms with E-state index < -0.39 is 12.5 Å². The standard InChI is InChI=1S/C27H32F2N2O5/c1-3-34-25-19(5-4-6-22(25)26(30)33)11-21-12-20(14-31(21)16(2)32)18-9-10-23(36-27(28)29)24(13-18)35-15-17-7-8-17/h4-6,9-10,13,17,20-21,27H,3,7-8,11-12,14-15H2,1-2H3,(H2,30,33)/t20?,21-/m1/s1. The van der Waals surface area contributed by atoms with Crippen molar-refractivity contribution >= 4 is 11.8 Å². The second-order valence-electron chi connectivity index (χ2n) is 9.39. The fourth-order valence-corrected chi connectivity index (χ4v) is 4.82. The second kappa shape index (κ2) is 11.1. The smallest absolute Gasteiger partial charge is 0.387 e. The summed E-state index contributed by atoms with van der Waals surface area (Å²) in [4.78, 5) is 26.3. The highest BCUT2D eigenvalue weighted by Crippen LogP contribution is 2.40. The van der Waals surface area contributed by atoms with Gasteiger partial charge >= 0.3 is 6.61 Å². The van der Waals surface area contributed by atoms with Crippen molar-refractivity contribution in [3.05, 3.63) is 53.1 Å². The molecule has 1 aliphatic heterocycles. The van der Waals surface area contributed by atoms with E-state index in [0.29, 0.717) is 55.6 Å². The number of hydrogen-bond donors (Lipinski definition) is 1. The minimum Gasteiger partial charge on any atom is -0.493 e. The molecule has 2 aromatic carbocycles. The van der Waals surface area contributed by atoms with Gasteiger partial charge in [-0.2, -0.15) is 8.78 Å².